The minimum Gasteiger partial charge on any atom is -0.508 e. The molecule has 1 aromatic carbocycles. The average Bonchev–Trinajstić information content (AvgIpc) is 4.01. The fourth-order valence-corrected chi connectivity index (χ4v) is 8.36. The Labute approximate surface area is 393 Å². The molecule has 370 valence electrons. The number of nitrogens with zero attached hydrogens (tertiary/aromatic N) is 2. The summed E-state index contributed by atoms with van der Waals surface area (Å²) in [6.07, 6.45) is 2.74. The predicted octanol–water partition coefficient (Wildman–Crippen LogP) is 1.70. The summed E-state index contributed by atoms with van der Waals surface area (Å²) in [7, 11) is 1.45. The maximum atomic E-state index is 14.8. The maximum absolute atomic E-state index is 14.8. The third-order valence-electron chi connectivity index (χ3n) is 13.5. The molecule has 1 spiro atoms. The van der Waals surface area contributed by atoms with Crippen LogP contribution < -0.4 is 32.3 Å². The molecule has 12 atom stereocenters. The van der Waals surface area contributed by atoms with Crippen LogP contribution in [0.25, 0.3) is 0 Å². The maximum Gasteiger partial charge on any atom is 0.329 e. The number of ether oxygens (including phenoxy) is 1. The van der Waals surface area contributed by atoms with Gasteiger partial charge in [0.15, 0.2) is 0 Å². The first-order valence-electron chi connectivity index (χ1n) is 23.6. The number of hydrogen-bond donors (Lipinski definition) is 7. The zero-order valence-corrected chi connectivity index (χ0v) is 40.6. The predicted molar refractivity (Wildman–Crippen MR) is 247 cm³/mol. The lowest BCUT2D eigenvalue weighted by atomic mass is 9.93. The fraction of sp³-hybridized carbons (Fsp3) is 0.646. The van der Waals surface area contributed by atoms with Gasteiger partial charge in [0.05, 0.1) is 11.5 Å². The monoisotopic (exact) mass is 937 g/mol. The van der Waals surface area contributed by atoms with Crippen LogP contribution in [0.5, 0.6) is 5.75 Å². The summed E-state index contributed by atoms with van der Waals surface area (Å²) < 4.78 is 5.96. The highest BCUT2D eigenvalue weighted by atomic mass is 16.5. The molecule has 8 N–H and O–H groups in total. The SMILES string of the molecule is CCC(C)C(=O)N[C@@H](CCC(N)=O)C(=O)N[C@@H]1C(=O)N[C@@H](CC(C)C)C(=O)NC23C=CN(C(=O)[C@@H]2C3)[C@@H](C(C)CC)C(=O)N(C)[C@@H](Cc2ccc(O)cc2)C(=O)N[C@@H](C(C)CC)C(=O)O[C@@H]1C. The second kappa shape index (κ2) is 23.1. The minimum atomic E-state index is -1.70. The van der Waals surface area contributed by atoms with Crippen LogP contribution in [0.1, 0.15) is 113 Å². The van der Waals surface area contributed by atoms with Crippen molar-refractivity contribution in [2.24, 2.45) is 35.3 Å². The lowest BCUT2D eigenvalue weighted by Gasteiger charge is -2.39. The molecule has 0 radical (unpaired) electrons. The van der Waals surface area contributed by atoms with Crippen molar-refractivity contribution >= 4 is 53.2 Å². The second-order valence-corrected chi connectivity index (χ2v) is 19.1. The number of fused-ring (bicyclic) bond motifs is 15. The molecule has 67 heavy (non-hydrogen) atoms. The molecule has 19 heteroatoms. The number of primary amides is 1. The zero-order valence-electron chi connectivity index (χ0n) is 40.6. The Balaban J connectivity index is 1.86. The van der Waals surface area contributed by atoms with Crippen LogP contribution in [-0.2, 0) is 54.3 Å². The number of carbonyl (C=O) groups excluding carboxylic acids is 9. The van der Waals surface area contributed by atoms with Crippen LogP contribution in [-0.4, -0.2) is 123 Å². The molecule has 4 aliphatic rings. The first-order valence-corrected chi connectivity index (χ1v) is 23.6. The van der Waals surface area contributed by atoms with Crippen molar-refractivity contribution in [2.45, 2.75) is 162 Å². The molecule has 3 aliphatic heterocycles. The van der Waals surface area contributed by atoms with Gasteiger partial charge in [-0.05, 0) is 74.1 Å². The van der Waals surface area contributed by atoms with Gasteiger partial charge >= 0.3 is 5.97 Å². The van der Waals surface area contributed by atoms with Gasteiger partial charge in [0.1, 0.15) is 48.1 Å². The molecule has 1 aliphatic carbocycles. The van der Waals surface area contributed by atoms with Crippen LogP contribution in [0.4, 0.5) is 0 Å². The molecule has 5 rings (SSSR count). The van der Waals surface area contributed by atoms with Gasteiger partial charge < -0.3 is 52.0 Å². The number of benzene rings is 1. The van der Waals surface area contributed by atoms with Crippen LogP contribution in [0.15, 0.2) is 36.5 Å². The van der Waals surface area contributed by atoms with Crippen molar-refractivity contribution < 1.29 is 53.0 Å². The van der Waals surface area contributed by atoms with Crippen LogP contribution >= 0.6 is 0 Å². The standard InChI is InChI=1S/C48H72N8O11/c1-11-26(6)37-47(66)67-29(9)38(53-41(60)33(18-19-36(49)58)50-40(59)28(8)13-3)44(63)51-34(22-25(4)5)42(61)54-48-20-21-56(45(64)32(48)24-48)39(27(7)12-2)46(65)55(10)35(43(62)52-37)23-30-14-16-31(57)17-15-30/h14-17,20-21,25-29,32-35,37-39,57H,11-13,18-19,22-24H2,1-10H3,(H2,49,58)(H,50,59)(H,51,63)(H,52,62)(H,53,60)(H,54,61)/t26?,27?,28?,29-,32+,33+,34+,35+,37+,38+,39+,48?/m1/s1. The molecule has 19 nitrogen and oxygen atoms in total. The molecule has 1 aromatic rings. The van der Waals surface area contributed by atoms with E-state index in [-0.39, 0.29) is 43.8 Å². The Morgan fingerprint density at radius 2 is 1.52 bits per heavy atom. The van der Waals surface area contributed by atoms with Crippen molar-refractivity contribution in [1.82, 2.24) is 36.4 Å². The van der Waals surface area contributed by atoms with E-state index in [1.807, 2.05) is 27.7 Å². The Hall–Kier alpha value is -6.01. The van der Waals surface area contributed by atoms with E-state index in [4.69, 9.17) is 10.5 Å². The highest BCUT2D eigenvalue weighted by molar-refractivity contribution is 5.99. The molecule has 1 saturated carbocycles. The lowest BCUT2D eigenvalue weighted by Crippen LogP contribution is -2.62. The largest absolute Gasteiger partial charge is 0.508 e. The summed E-state index contributed by atoms with van der Waals surface area (Å²) in [6.45, 7) is 15.7. The summed E-state index contributed by atoms with van der Waals surface area (Å²) in [5.41, 5.74) is 4.87. The minimum absolute atomic E-state index is 0.0160. The number of nitrogens with two attached hydrogens (primary N) is 1. The normalized spacial score (nSPS) is 28.0. The number of likely N-dealkylation sites (N-methyl/N-ethyl adjacent to an activating group) is 1. The highest BCUT2D eigenvalue weighted by Crippen LogP contribution is 2.49. The Bertz CT molecular complexity index is 2040. The van der Waals surface area contributed by atoms with Gasteiger partial charge in [-0.1, -0.05) is 80.4 Å². The smallest absolute Gasteiger partial charge is 0.329 e. The van der Waals surface area contributed by atoms with E-state index in [2.05, 4.69) is 26.6 Å². The third kappa shape index (κ3) is 13.3. The van der Waals surface area contributed by atoms with Crippen molar-refractivity contribution in [3.05, 3.63) is 42.1 Å². The van der Waals surface area contributed by atoms with Gasteiger partial charge in [-0.2, -0.15) is 0 Å². The van der Waals surface area contributed by atoms with E-state index >= 15 is 0 Å². The van der Waals surface area contributed by atoms with Crippen molar-refractivity contribution in [3.8, 4) is 5.75 Å². The first kappa shape index (κ1) is 53.6. The van der Waals surface area contributed by atoms with E-state index in [9.17, 15) is 48.3 Å². The number of phenolic OH excluding ortho intramolecular Hbond substituents is 1. The van der Waals surface area contributed by atoms with E-state index in [1.54, 1.807) is 45.9 Å². The topological polar surface area (TPSA) is 276 Å². The Kier molecular flexibility index (Phi) is 18.5. The summed E-state index contributed by atoms with van der Waals surface area (Å²) in [4.78, 5) is 129. The zero-order chi connectivity index (χ0) is 50.1. The molecule has 8 amide bonds. The van der Waals surface area contributed by atoms with E-state index in [0.29, 0.717) is 24.8 Å². The highest BCUT2D eigenvalue weighted by Gasteiger charge is 2.62. The van der Waals surface area contributed by atoms with E-state index < -0.39 is 125 Å². The second-order valence-electron chi connectivity index (χ2n) is 19.1. The molecule has 1 saturated heterocycles. The molecular weight excluding hydrogens is 865 g/mol. The molecule has 3 heterocycles. The summed E-state index contributed by atoms with van der Waals surface area (Å²) >= 11 is 0. The molecular formula is C48H72N8O11. The number of carbonyl (C=O) groups is 9. The Morgan fingerprint density at radius 3 is 2.10 bits per heavy atom. The summed E-state index contributed by atoms with van der Waals surface area (Å²) in [5, 5.41) is 23.8. The third-order valence-corrected chi connectivity index (χ3v) is 13.5. The van der Waals surface area contributed by atoms with Gasteiger partial charge in [0.25, 0.3) is 0 Å². The number of aromatic hydroxyl groups is 1. The van der Waals surface area contributed by atoms with Gasteiger partial charge in [0, 0.05) is 32.0 Å². The fourth-order valence-electron chi connectivity index (χ4n) is 8.36. The van der Waals surface area contributed by atoms with Gasteiger partial charge in [-0.3, -0.25) is 38.4 Å². The number of rotatable bonds is 16. The quantitative estimate of drug-likeness (QED) is 0.0926. The van der Waals surface area contributed by atoms with Gasteiger partial charge in [-0.15, -0.1) is 0 Å². The number of nitrogens with one attached hydrogen (secondary N) is 5. The first-order chi connectivity index (χ1) is 31.5. The van der Waals surface area contributed by atoms with Crippen molar-refractivity contribution in [1.29, 1.82) is 0 Å². The molecule has 2 bridgehead atoms. The van der Waals surface area contributed by atoms with Crippen molar-refractivity contribution in [2.75, 3.05) is 7.05 Å². The lowest BCUT2D eigenvalue weighted by molar-refractivity contribution is -0.158. The number of amides is 8. The van der Waals surface area contributed by atoms with Gasteiger partial charge in [-0.25, -0.2) is 4.79 Å². The summed E-state index contributed by atoms with van der Waals surface area (Å²) in [5.74, 6) is -8.71. The van der Waals surface area contributed by atoms with E-state index in [0.717, 1.165) is 0 Å². The van der Waals surface area contributed by atoms with Crippen LogP contribution in [0.3, 0.4) is 0 Å². The van der Waals surface area contributed by atoms with Crippen LogP contribution in [0, 0.1) is 29.6 Å². The van der Waals surface area contributed by atoms with E-state index in [1.165, 1.54) is 42.1 Å². The molecule has 0 aromatic heterocycles. The van der Waals surface area contributed by atoms with Crippen molar-refractivity contribution in [3.63, 3.8) is 0 Å². The Morgan fingerprint density at radius 1 is 0.881 bits per heavy atom. The molecule has 4 unspecified atom stereocenters. The van der Waals surface area contributed by atoms with Crippen LogP contribution in [0.2, 0.25) is 0 Å². The number of hydrogen-bond acceptors (Lipinski definition) is 11. The number of phenols is 1. The summed E-state index contributed by atoms with van der Waals surface area (Å²) in [6, 6.07) is -1.84. The number of esters is 1. The average molecular weight is 937 g/mol. The van der Waals surface area contributed by atoms with Gasteiger partial charge in [0.2, 0.25) is 47.3 Å². The molecule has 2 fully saturated rings.